The fourth-order valence-electron chi connectivity index (χ4n) is 2.52. The quantitative estimate of drug-likeness (QED) is 0.642. The molecule has 2 heterocycles. The normalized spacial score (nSPS) is 14.5. The molecule has 0 unspecified atom stereocenters. The fraction of sp³-hybridized carbons (Fsp3) is 0.438. The van der Waals surface area contributed by atoms with E-state index in [4.69, 9.17) is 0 Å². The van der Waals surface area contributed by atoms with Crippen LogP contribution in [-0.4, -0.2) is 26.3 Å². The molecule has 2 aromatic rings. The molecule has 0 N–H and O–H groups in total. The van der Waals surface area contributed by atoms with Crippen LogP contribution >= 0.6 is 11.8 Å². The highest BCUT2D eigenvalue weighted by Crippen LogP contribution is 2.22. The van der Waals surface area contributed by atoms with Gasteiger partial charge in [-0.05, 0) is 19.8 Å². The zero-order valence-electron chi connectivity index (χ0n) is 12.2. The van der Waals surface area contributed by atoms with Crippen molar-refractivity contribution in [2.45, 2.75) is 44.3 Å². The van der Waals surface area contributed by atoms with Crippen LogP contribution in [0.5, 0.6) is 0 Å². The summed E-state index contributed by atoms with van der Waals surface area (Å²) in [4.78, 5) is 12.2. The summed E-state index contributed by atoms with van der Waals surface area (Å²) >= 11 is 1.50. The highest BCUT2D eigenvalue weighted by molar-refractivity contribution is 7.99. The molecular formula is C16H19N3OS. The summed E-state index contributed by atoms with van der Waals surface area (Å²) in [6, 6.07) is 7.73. The smallest absolute Gasteiger partial charge is 0.191 e. The Balaban J connectivity index is 1.66. The Morgan fingerprint density at radius 1 is 1.19 bits per heavy atom. The lowest BCUT2D eigenvalue weighted by Gasteiger charge is -2.06. The van der Waals surface area contributed by atoms with E-state index in [2.05, 4.69) is 14.8 Å². The first-order valence-electron chi connectivity index (χ1n) is 7.39. The molecule has 0 bridgehead atoms. The van der Waals surface area contributed by atoms with Crippen LogP contribution in [0.2, 0.25) is 0 Å². The molecule has 0 saturated carbocycles. The first-order chi connectivity index (χ1) is 10.2. The van der Waals surface area contributed by atoms with E-state index in [-0.39, 0.29) is 5.78 Å². The van der Waals surface area contributed by atoms with E-state index >= 15 is 0 Å². The van der Waals surface area contributed by atoms with Gasteiger partial charge in [-0.25, -0.2) is 0 Å². The molecule has 1 aromatic heterocycles. The second-order valence-electron chi connectivity index (χ2n) is 5.44. The average Bonchev–Trinajstić information content (AvgIpc) is 2.72. The average molecular weight is 301 g/mol. The van der Waals surface area contributed by atoms with E-state index in [9.17, 15) is 4.79 Å². The summed E-state index contributed by atoms with van der Waals surface area (Å²) < 4.78 is 2.18. The van der Waals surface area contributed by atoms with Crippen LogP contribution < -0.4 is 0 Å². The fourth-order valence-corrected chi connectivity index (χ4v) is 3.40. The van der Waals surface area contributed by atoms with Gasteiger partial charge >= 0.3 is 0 Å². The van der Waals surface area contributed by atoms with Crippen LogP contribution in [0.1, 0.15) is 41.0 Å². The number of benzene rings is 1. The predicted molar refractivity (Wildman–Crippen MR) is 83.8 cm³/mol. The number of carbonyl (C=O) groups is 1. The molecule has 1 aromatic carbocycles. The number of hydrogen-bond donors (Lipinski definition) is 0. The van der Waals surface area contributed by atoms with Gasteiger partial charge in [-0.1, -0.05) is 48.0 Å². The van der Waals surface area contributed by atoms with Gasteiger partial charge in [-0.2, -0.15) is 0 Å². The van der Waals surface area contributed by atoms with Gasteiger partial charge in [0.05, 0.1) is 5.75 Å². The maximum absolute atomic E-state index is 12.2. The Bertz CT molecular complexity index is 633. The van der Waals surface area contributed by atoms with E-state index < -0.39 is 0 Å². The van der Waals surface area contributed by atoms with Crippen molar-refractivity contribution in [2.24, 2.45) is 0 Å². The second kappa shape index (κ2) is 6.43. The van der Waals surface area contributed by atoms with Gasteiger partial charge in [0.15, 0.2) is 10.9 Å². The van der Waals surface area contributed by atoms with E-state index in [1.807, 2.05) is 31.2 Å². The number of aryl methyl sites for hydroxylation is 2. The predicted octanol–water partition coefficient (Wildman–Crippen LogP) is 3.29. The maximum atomic E-state index is 12.2. The summed E-state index contributed by atoms with van der Waals surface area (Å²) in [5.41, 5.74) is 1.94. The van der Waals surface area contributed by atoms with E-state index in [1.54, 1.807) is 0 Å². The molecule has 0 radical (unpaired) electrons. The highest BCUT2D eigenvalue weighted by Gasteiger charge is 2.16. The largest absolute Gasteiger partial charge is 0.306 e. The summed E-state index contributed by atoms with van der Waals surface area (Å²) in [6.07, 6.45) is 4.60. The lowest BCUT2D eigenvalue weighted by Crippen LogP contribution is -2.06. The standard InChI is InChI=1S/C16H19N3OS/c1-12-6-8-13(9-7-12)14(20)11-21-16-18-17-15-5-3-2-4-10-19(15)16/h6-9H,2-5,10-11H2,1H3. The lowest BCUT2D eigenvalue weighted by atomic mass is 10.1. The third-order valence-electron chi connectivity index (χ3n) is 3.78. The van der Waals surface area contributed by atoms with Gasteiger partial charge in [-0.15, -0.1) is 10.2 Å². The van der Waals surface area contributed by atoms with Crippen LogP contribution in [0.3, 0.4) is 0 Å². The number of fused-ring (bicyclic) bond motifs is 1. The minimum atomic E-state index is 0.144. The molecule has 21 heavy (non-hydrogen) atoms. The molecule has 0 amide bonds. The minimum Gasteiger partial charge on any atom is -0.306 e. The molecule has 1 aliphatic heterocycles. The van der Waals surface area contributed by atoms with Gasteiger partial charge in [-0.3, -0.25) is 4.79 Å². The lowest BCUT2D eigenvalue weighted by molar-refractivity contribution is 0.102. The van der Waals surface area contributed by atoms with E-state index in [0.717, 1.165) is 29.5 Å². The van der Waals surface area contributed by atoms with Gasteiger partial charge in [0, 0.05) is 18.5 Å². The van der Waals surface area contributed by atoms with Crippen LogP contribution in [-0.2, 0) is 13.0 Å². The number of hydrogen-bond acceptors (Lipinski definition) is 4. The van der Waals surface area contributed by atoms with Crippen LogP contribution in [0, 0.1) is 6.92 Å². The Morgan fingerprint density at radius 3 is 2.81 bits per heavy atom. The molecular weight excluding hydrogens is 282 g/mol. The van der Waals surface area contributed by atoms with Gasteiger partial charge in [0.25, 0.3) is 0 Å². The molecule has 0 atom stereocenters. The van der Waals surface area contributed by atoms with Crippen LogP contribution in [0.25, 0.3) is 0 Å². The zero-order chi connectivity index (χ0) is 14.7. The summed E-state index contributed by atoms with van der Waals surface area (Å²) in [5, 5.41) is 9.38. The third kappa shape index (κ3) is 3.35. The summed E-state index contributed by atoms with van der Waals surface area (Å²) in [6.45, 7) is 3.00. The number of thioether (sulfide) groups is 1. The number of ketones is 1. The summed E-state index contributed by atoms with van der Waals surface area (Å²) in [5.74, 6) is 1.63. The number of rotatable bonds is 4. The zero-order valence-corrected chi connectivity index (χ0v) is 13.0. The topological polar surface area (TPSA) is 47.8 Å². The Labute approximate surface area is 129 Å². The van der Waals surface area contributed by atoms with Crippen molar-refractivity contribution in [3.05, 3.63) is 41.2 Å². The van der Waals surface area contributed by atoms with Gasteiger partial charge in [0.2, 0.25) is 0 Å². The van der Waals surface area contributed by atoms with Crippen LogP contribution in [0.15, 0.2) is 29.4 Å². The van der Waals surface area contributed by atoms with Crippen molar-refractivity contribution in [1.82, 2.24) is 14.8 Å². The van der Waals surface area contributed by atoms with Crippen LogP contribution in [0.4, 0.5) is 0 Å². The SMILES string of the molecule is Cc1ccc(C(=O)CSc2nnc3n2CCCCC3)cc1. The molecule has 4 nitrogen and oxygen atoms in total. The van der Waals surface area contributed by atoms with Crippen molar-refractivity contribution in [3.63, 3.8) is 0 Å². The number of nitrogens with zero attached hydrogens (tertiary/aromatic N) is 3. The van der Waals surface area contributed by atoms with Crippen molar-refractivity contribution in [3.8, 4) is 0 Å². The summed E-state index contributed by atoms with van der Waals surface area (Å²) in [7, 11) is 0. The molecule has 0 spiro atoms. The Morgan fingerprint density at radius 2 is 2.00 bits per heavy atom. The van der Waals surface area contributed by atoms with Crippen molar-refractivity contribution < 1.29 is 4.79 Å². The van der Waals surface area contributed by atoms with Gasteiger partial charge in [0.1, 0.15) is 5.82 Å². The first-order valence-corrected chi connectivity index (χ1v) is 8.37. The van der Waals surface area contributed by atoms with Crippen molar-refractivity contribution in [2.75, 3.05) is 5.75 Å². The van der Waals surface area contributed by atoms with Crippen molar-refractivity contribution in [1.29, 1.82) is 0 Å². The molecule has 1 aliphatic rings. The number of Topliss-reactive ketones (excluding diaryl/α,β-unsaturated/α-hetero) is 1. The molecule has 110 valence electrons. The number of carbonyl (C=O) groups excluding carboxylic acids is 1. The minimum absolute atomic E-state index is 0.144. The third-order valence-corrected chi connectivity index (χ3v) is 4.75. The first kappa shape index (κ1) is 14.3. The molecule has 5 heteroatoms. The second-order valence-corrected chi connectivity index (χ2v) is 6.38. The Hall–Kier alpha value is -1.62. The van der Waals surface area contributed by atoms with Crippen molar-refractivity contribution >= 4 is 17.5 Å². The maximum Gasteiger partial charge on any atom is 0.191 e. The number of aromatic nitrogens is 3. The molecule has 0 aliphatic carbocycles. The molecule has 3 rings (SSSR count). The Kier molecular flexibility index (Phi) is 4.39. The van der Waals surface area contributed by atoms with Gasteiger partial charge < -0.3 is 4.57 Å². The highest BCUT2D eigenvalue weighted by atomic mass is 32.2. The van der Waals surface area contributed by atoms with E-state index in [0.29, 0.717) is 5.75 Å². The van der Waals surface area contributed by atoms with E-state index in [1.165, 1.54) is 36.6 Å². The monoisotopic (exact) mass is 301 g/mol. The molecule has 0 fully saturated rings. The molecule has 0 saturated heterocycles.